The van der Waals surface area contributed by atoms with Crippen molar-refractivity contribution in [3.63, 3.8) is 0 Å². The summed E-state index contributed by atoms with van der Waals surface area (Å²) >= 11 is 0. The molecule has 1 saturated carbocycles. The first-order valence-electron chi connectivity index (χ1n) is 7.10. The number of rotatable bonds is 6. The largest absolute Gasteiger partial charge is 0.379 e. The van der Waals surface area contributed by atoms with Crippen LogP contribution in [-0.2, 0) is 4.74 Å². The SMILES string of the molecule is CN(C(N)=NCCCCN1CCOCC1)C1CC1. The van der Waals surface area contributed by atoms with Crippen LogP contribution in [0, 0.1) is 0 Å². The molecule has 0 atom stereocenters. The van der Waals surface area contributed by atoms with E-state index in [0.29, 0.717) is 12.0 Å². The van der Waals surface area contributed by atoms with Gasteiger partial charge in [0, 0.05) is 32.7 Å². The van der Waals surface area contributed by atoms with E-state index in [0.717, 1.165) is 45.8 Å². The van der Waals surface area contributed by atoms with E-state index >= 15 is 0 Å². The molecule has 1 aliphatic carbocycles. The molecule has 0 unspecified atom stereocenters. The first-order valence-corrected chi connectivity index (χ1v) is 7.10. The van der Waals surface area contributed by atoms with Crippen molar-refractivity contribution in [2.24, 2.45) is 10.7 Å². The Balaban J connectivity index is 1.53. The van der Waals surface area contributed by atoms with Gasteiger partial charge in [-0.05, 0) is 32.2 Å². The molecule has 5 nitrogen and oxygen atoms in total. The lowest BCUT2D eigenvalue weighted by molar-refractivity contribution is 0.0373. The summed E-state index contributed by atoms with van der Waals surface area (Å²) in [6.45, 7) is 5.95. The standard InChI is InChI=1S/C13H26N4O/c1-16(12-4-5-12)13(14)15-6-2-3-7-17-8-10-18-11-9-17/h12H,2-11H2,1H3,(H2,14,15). The molecule has 1 saturated heterocycles. The Kier molecular flexibility index (Phi) is 5.26. The molecule has 5 heteroatoms. The van der Waals surface area contributed by atoms with Crippen LogP contribution < -0.4 is 5.73 Å². The van der Waals surface area contributed by atoms with Crippen molar-refractivity contribution in [3.05, 3.63) is 0 Å². The molecule has 1 heterocycles. The van der Waals surface area contributed by atoms with Crippen molar-refractivity contribution >= 4 is 5.96 Å². The molecular formula is C13H26N4O. The second-order valence-electron chi connectivity index (χ2n) is 5.24. The van der Waals surface area contributed by atoms with E-state index in [2.05, 4.69) is 14.8 Å². The van der Waals surface area contributed by atoms with Gasteiger partial charge in [0.25, 0.3) is 0 Å². The summed E-state index contributed by atoms with van der Waals surface area (Å²) in [7, 11) is 2.05. The van der Waals surface area contributed by atoms with Gasteiger partial charge < -0.3 is 15.4 Å². The average Bonchev–Trinajstić information content (AvgIpc) is 3.23. The lowest BCUT2D eigenvalue weighted by atomic mass is 10.3. The Morgan fingerprint density at radius 2 is 2.06 bits per heavy atom. The van der Waals surface area contributed by atoms with Crippen molar-refractivity contribution in [1.29, 1.82) is 0 Å². The van der Waals surface area contributed by atoms with E-state index in [1.54, 1.807) is 0 Å². The number of hydrogen-bond donors (Lipinski definition) is 1. The fourth-order valence-electron chi connectivity index (χ4n) is 2.23. The fraction of sp³-hybridized carbons (Fsp3) is 0.923. The Morgan fingerprint density at radius 3 is 2.72 bits per heavy atom. The van der Waals surface area contributed by atoms with Crippen molar-refractivity contribution in [1.82, 2.24) is 9.80 Å². The summed E-state index contributed by atoms with van der Waals surface area (Å²) in [5.41, 5.74) is 5.93. The van der Waals surface area contributed by atoms with Crippen LogP contribution in [-0.4, -0.2) is 68.2 Å². The molecule has 0 radical (unpaired) electrons. The minimum absolute atomic E-state index is 0.655. The van der Waals surface area contributed by atoms with Crippen LogP contribution in [0.5, 0.6) is 0 Å². The van der Waals surface area contributed by atoms with Crippen LogP contribution in [0.2, 0.25) is 0 Å². The topological polar surface area (TPSA) is 54.1 Å². The lowest BCUT2D eigenvalue weighted by Gasteiger charge is -2.26. The van der Waals surface area contributed by atoms with Gasteiger partial charge in [-0.3, -0.25) is 9.89 Å². The Hall–Kier alpha value is -0.810. The van der Waals surface area contributed by atoms with Gasteiger partial charge in [0.05, 0.1) is 13.2 Å². The minimum atomic E-state index is 0.655. The highest BCUT2D eigenvalue weighted by atomic mass is 16.5. The molecule has 18 heavy (non-hydrogen) atoms. The first kappa shape index (κ1) is 13.6. The Morgan fingerprint density at radius 1 is 1.33 bits per heavy atom. The maximum absolute atomic E-state index is 5.93. The molecule has 0 aromatic carbocycles. The lowest BCUT2D eigenvalue weighted by Crippen LogP contribution is -2.37. The fourth-order valence-corrected chi connectivity index (χ4v) is 2.23. The summed E-state index contributed by atoms with van der Waals surface area (Å²) in [5, 5.41) is 0. The molecular weight excluding hydrogens is 228 g/mol. The molecule has 0 aromatic rings. The van der Waals surface area contributed by atoms with Crippen molar-refractivity contribution in [2.75, 3.05) is 46.4 Å². The van der Waals surface area contributed by atoms with Crippen molar-refractivity contribution in [3.8, 4) is 0 Å². The van der Waals surface area contributed by atoms with Gasteiger partial charge >= 0.3 is 0 Å². The van der Waals surface area contributed by atoms with E-state index in [-0.39, 0.29) is 0 Å². The summed E-state index contributed by atoms with van der Waals surface area (Å²) < 4.78 is 5.33. The molecule has 2 N–H and O–H groups in total. The van der Waals surface area contributed by atoms with E-state index in [1.165, 1.54) is 19.3 Å². The zero-order valence-electron chi connectivity index (χ0n) is 11.5. The van der Waals surface area contributed by atoms with Gasteiger partial charge in [0.2, 0.25) is 0 Å². The maximum Gasteiger partial charge on any atom is 0.191 e. The number of unbranched alkanes of at least 4 members (excludes halogenated alkanes) is 1. The number of nitrogens with two attached hydrogens (primary N) is 1. The highest BCUT2D eigenvalue weighted by Gasteiger charge is 2.27. The molecule has 1 aliphatic heterocycles. The summed E-state index contributed by atoms with van der Waals surface area (Å²) in [5.74, 6) is 0.712. The summed E-state index contributed by atoms with van der Waals surface area (Å²) in [4.78, 5) is 9.02. The summed E-state index contributed by atoms with van der Waals surface area (Å²) in [6.07, 6.45) is 4.86. The molecule has 2 rings (SSSR count). The van der Waals surface area contributed by atoms with Gasteiger partial charge in [-0.2, -0.15) is 0 Å². The quantitative estimate of drug-likeness (QED) is 0.426. The van der Waals surface area contributed by atoms with Gasteiger partial charge in [-0.1, -0.05) is 0 Å². The van der Waals surface area contributed by atoms with Crippen molar-refractivity contribution < 1.29 is 4.74 Å². The van der Waals surface area contributed by atoms with Crippen molar-refractivity contribution in [2.45, 2.75) is 31.7 Å². The number of nitrogens with zero attached hydrogens (tertiary/aromatic N) is 3. The number of aliphatic imine (C=N–C) groups is 1. The number of morpholine rings is 1. The smallest absolute Gasteiger partial charge is 0.191 e. The van der Waals surface area contributed by atoms with E-state index < -0.39 is 0 Å². The highest BCUT2D eigenvalue weighted by Crippen LogP contribution is 2.24. The molecule has 104 valence electrons. The average molecular weight is 254 g/mol. The van der Waals surface area contributed by atoms with E-state index in [9.17, 15) is 0 Å². The second kappa shape index (κ2) is 6.95. The molecule has 0 amide bonds. The molecule has 0 spiro atoms. The Bertz CT molecular complexity index is 272. The maximum atomic E-state index is 5.93. The third-order valence-corrected chi connectivity index (χ3v) is 3.72. The molecule has 2 fully saturated rings. The third kappa shape index (κ3) is 4.46. The van der Waals surface area contributed by atoms with E-state index in [1.807, 2.05) is 7.05 Å². The van der Waals surface area contributed by atoms with Crippen LogP contribution >= 0.6 is 0 Å². The van der Waals surface area contributed by atoms with Crippen LogP contribution in [0.1, 0.15) is 25.7 Å². The van der Waals surface area contributed by atoms with Crippen LogP contribution in [0.4, 0.5) is 0 Å². The predicted molar refractivity (Wildman–Crippen MR) is 73.8 cm³/mol. The zero-order chi connectivity index (χ0) is 12.8. The zero-order valence-corrected chi connectivity index (χ0v) is 11.5. The predicted octanol–water partition coefficient (Wildman–Crippen LogP) is 0.508. The van der Waals surface area contributed by atoms with Gasteiger partial charge in [-0.25, -0.2) is 0 Å². The number of guanidine groups is 1. The first-order chi connectivity index (χ1) is 8.77. The van der Waals surface area contributed by atoms with Gasteiger partial charge in [-0.15, -0.1) is 0 Å². The molecule has 0 aromatic heterocycles. The molecule has 2 aliphatic rings. The number of hydrogen-bond acceptors (Lipinski definition) is 3. The normalized spacial score (nSPS) is 22.2. The Labute approximate surface area is 110 Å². The third-order valence-electron chi connectivity index (χ3n) is 3.72. The van der Waals surface area contributed by atoms with Crippen LogP contribution in [0.25, 0.3) is 0 Å². The van der Waals surface area contributed by atoms with Gasteiger partial charge in [0.15, 0.2) is 5.96 Å². The van der Waals surface area contributed by atoms with Crippen LogP contribution in [0.3, 0.4) is 0 Å². The van der Waals surface area contributed by atoms with Gasteiger partial charge in [0.1, 0.15) is 0 Å². The molecule has 0 bridgehead atoms. The minimum Gasteiger partial charge on any atom is -0.379 e. The second-order valence-corrected chi connectivity index (χ2v) is 5.24. The summed E-state index contributed by atoms with van der Waals surface area (Å²) in [6, 6.07) is 0.655. The van der Waals surface area contributed by atoms with Crippen LogP contribution in [0.15, 0.2) is 4.99 Å². The monoisotopic (exact) mass is 254 g/mol. The van der Waals surface area contributed by atoms with E-state index in [4.69, 9.17) is 10.5 Å². The number of ether oxygens (including phenoxy) is 1. The highest BCUT2D eigenvalue weighted by molar-refractivity contribution is 5.78.